The molecule has 0 fully saturated rings. The number of para-hydroxylation sites is 1. The SMILES string of the molecule is NCc1ccc2cc(COc3ccccc3F)oc2c1. The third-order valence-corrected chi connectivity index (χ3v) is 3.08. The molecule has 0 atom stereocenters. The first-order chi connectivity index (χ1) is 9.76. The zero-order chi connectivity index (χ0) is 13.9. The van der Waals surface area contributed by atoms with Gasteiger partial charge in [0.05, 0.1) is 0 Å². The van der Waals surface area contributed by atoms with Gasteiger partial charge in [0, 0.05) is 11.9 Å². The second kappa shape index (κ2) is 5.35. The lowest BCUT2D eigenvalue weighted by Crippen LogP contribution is -1.95. The van der Waals surface area contributed by atoms with Crippen LogP contribution in [0, 0.1) is 5.82 Å². The van der Waals surface area contributed by atoms with Crippen LogP contribution in [0.15, 0.2) is 52.9 Å². The molecule has 3 aromatic rings. The van der Waals surface area contributed by atoms with Crippen LogP contribution in [0.4, 0.5) is 4.39 Å². The molecule has 0 aliphatic heterocycles. The van der Waals surface area contributed by atoms with Gasteiger partial charge in [0.1, 0.15) is 18.0 Å². The molecule has 0 bridgehead atoms. The lowest BCUT2D eigenvalue weighted by Gasteiger charge is -2.04. The van der Waals surface area contributed by atoms with Crippen molar-refractivity contribution in [3.05, 3.63) is 65.7 Å². The van der Waals surface area contributed by atoms with E-state index in [0.29, 0.717) is 12.3 Å². The minimum Gasteiger partial charge on any atom is -0.483 e. The summed E-state index contributed by atoms with van der Waals surface area (Å²) in [6.07, 6.45) is 0. The molecule has 0 radical (unpaired) electrons. The number of nitrogens with two attached hydrogens (primary N) is 1. The summed E-state index contributed by atoms with van der Waals surface area (Å²) in [5.74, 6) is 0.488. The van der Waals surface area contributed by atoms with E-state index in [-0.39, 0.29) is 18.2 Å². The largest absolute Gasteiger partial charge is 0.483 e. The van der Waals surface area contributed by atoms with E-state index >= 15 is 0 Å². The normalized spacial score (nSPS) is 10.9. The van der Waals surface area contributed by atoms with Gasteiger partial charge in [-0.1, -0.05) is 24.3 Å². The Bertz CT molecular complexity index is 736. The van der Waals surface area contributed by atoms with Gasteiger partial charge in [-0.05, 0) is 29.8 Å². The van der Waals surface area contributed by atoms with E-state index in [4.69, 9.17) is 14.9 Å². The van der Waals surface area contributed by atoms with Crippen LogP contribution < -0.4 is 10.5 Å². The maximum atomic E-state index is 13.4. The fourth-order valence-electron chi connectivity index (χ4n) is 2.04. The van der Waals surface area contributed by atoms with Crippen molar-refractivity contribution in [3.8, 4) is 5.75 Å². The summed E-state index contributed by atoms with van der Waals surface area (Å²) in [5.41, 5.74) is 7.36. The minimum absolute atomic E-state index is 0.188. The van der Waals surface area contributed by atoms with Gasteiger partial charge in [-0.25, -0.2) is 4.39 Å². The third-order valence-electron chi connectivity index (χ3n) is 3.08. The predicted octanol–water partition coefficient (Wildman–Crippen LogP) is 3.61. The van der Waals surface area contributed by atoms with Crippen LogP contribution in [0.1, 0.15) is 11.3 Å². The summed E-state index contributed by atoms with van der Waals surface area (Å²) >= 11 is 0. The summed E-state index contributed by atoms with van der Waals surface area (Å²) in [6.45, 7) is 0.658. The molecule has 2 aromatic carbocycles. The smallest absolute Gasteiger partial charge is 0.165 e. The molecule has 1 aromatic heterocycles. The molecule has 1 heterocycles. The Kier molecular flexibility index (Phi) is 3.39. The van der Waals surface area contributed by atoms with Crippen molar-refractivity contribution in [2.45, 2.75) is 13.2 Å². The molecule has 0 unspecified atom stereocenters. The van der Waals surface area contributed by atoms with E-state index < -0.39 is 0 Å². The lowest BCUT2D eigenvalue weighted by molar-refractivity contribution is 0.262. The summed E-state index contributed by atoms with van der Waals surface area (Å²) in [6, 6.07) is 14.0. The van der Waals surface area contributed by atoms with Crippen LogP contribution >= 0.6 is 0 Å². The number of hydrogen-bond acceptors (Lipinski definition) is 3. The van der Waals surface area contributed by atoms with E-state index in [0.717, 1.165) is 16.5 Å². The van der Waals surface area contributed by atoms with Gasteiger partial charge in [0.25, 0.3) is 0 Å². The van der Waals surface area contributed by atoms with Gasteiger partial charge in [-0.15, -0.1) is 0 Å². The standard InChI is InChI=1S/C16H14FNO2/c17-14-3-1-2-4-15(14)19-10-13-8-12-6-5-11(9-18)7-16(12)20-13/h1-8H,9-10,18H2. The van der Waals surface area contributed by atoms with Gasteiger partial charge >= 0.3 is 0 Å². The Morgan fingerprint density at radius 3 is 2.75 bits per heavy atom. The topological polar surface area (TPSA) is 48.4 Å². The molecule has 3 rings (SSSR count). The van der Waals surface area contributed by atoms with E-state index in [1.807, 2.05) is 24.3 Å². The van der Waals surface area contributed by atoms with Gasteiger partial charge in [0.2, 0.25) is 0 Å². The molecule has 102 valence electrons. The maximum Gasteiger partial charge on any atom is 0.165 e. The molecular formula is C16H14FNO2. The molecule has 0 aliphatic carbocycles. The highest BCUT2D eigenvalue weighted by Gasteiger charge is 2.07. The van der Waals surface area contributed by atoms with Gasteiger partial charge < -0.3 is 14.9 Å². The third kappa shape index (κ3) is 2.51. The second-order valence-corrected chi connectivity index (χ2v) is 4.51. The summed E-state index contributed by atoms with van der Waals surface area (Å²) in [5, 5.41) is 0.981. The number of ether oxygens (including phenoxy) is 1. The highest BCUT2D eigenvalue weighted by atomic mass is 19.1. The lowest BCUT2D eigenvalue weighted by atomic mass is 10.2. The number of fused-ring (bicyclic) bond motifs is 1. The van der Waals surface area contributed by atoms with Gasteiger partial charge in [0.15, 0.2) is 11.6 Å². The number of halogens is 1. The summed E-state index contributed by atoms with van der Waals surface area (Å²) in [7, 11) is 0. The van der Waals surface area contributed by atoms with Crippen LogP contribution in [0.25, 0.3) is 11.0 Å². The van der Waals surface area contributed by atoms with Crippen molar-refractivity contribution in [1.82, 2.24) is 0 Å². The summed E-state index contributed by atoms with van der Waals surface area (Å²) < 4.78 is 24.5. The molecule has 0 spiro atoms. The Balaban J connectivity index is 1.79. The quantitative estimate of drug-likeness (QED) is 0.788. The molecule has 4 heteroatoms. The maximum absolute atomic E-state index is 13.4. The Hall–Kier alpha value is -2.33. The van der Waals surface area contributed by atoms with E-state index in [1.54, 1.807) is 18.2 Å². The second-order valence-electron chi connectivity index (χ2n) is 4.51. The van der Waals surface area contributed by atoms with Crippen LogP contribution in [0.3, 0.4) is 0 Å². The average molecular weight is 271 g/mol. The van der Waals surface area contributed by atoms with Gasteiger partial charge in [-0.2, -0.15) is 0 Å². The Morgan fingerprint density at radius 1 is 1.10 bits per heavy atom. The number of rotatable bonds is 4. The molecular weight excluding hydrogens is 257 g/mol. The highest BCUT2D eigenvalue weighted by molar-refractivity contribution is 5.78. The van der Waals surface area contributed by atoms with E-state index in [1.165, 1.54) is 6.07 Å². The first-order valence-corrected chi connectivity index (χ1v) is 6.35. The van der Waals surface area contributed by atoms with E-state index in [2.05, 4.69) is 0 Å². The summed E-state index contributed by atoms with van der Waals surface area (Å²) in [4.78, 5) is 0. The zero-order valence-electron chi connectivity index (χ0n) is 10.8. The predicted molar refractivity (Wildman–Crippen MR) is 74.8 cm³/mol. The zero-order valence-corrected chi connectivity index (χ0v) is 10.8. The van der Waals surface area contributed by atoms with Crippen molar-refractivity contribution >= 4 is 11.0 Å². The van der Waals surface area contributed by atoms with Crippen molar-refractivity contribution < 1.29 is 13.5 Å². The molecule has 0 amide bonds. The fourth-order valence-corrected chi connectivity index (χ4v) is 2.04. The monoisotopic (exact) mass is 271 g/mol. The fraction of sp³-hybridized carbons (Fsp3) is 0.125. The minimum atomic E-state index is -0.381. The van der Waals surface area contributed by atoms with Crippen molar-refractivity contribution in [1.29, 1.82) is 0 Å². The van der Waals surface area contributed by atoms with Crippen LogP contribution in [0.2, 0.25) is 0 Å². The first-order valence-electron chi connectivity index (χ1n) is 6.35. The molecule has 0 aliphatic rings. The van der Waals surface area contributed by atoms with Crippen LogP contribution in [-0.4, -0.2) is 0 Å². The van der Waals surface area contributed by atoms with Crippen molar-refractivity contribution in [2.75, 3.05) is 0 Å². The average Bonchev–Trinajstić information content (AvgIpc) is 2.88. The number of furan rings is 1. The number of benzene rings is 2. The van der Waals surface area contributed by atoms with Crippen molar-refractivity contribution in [3.63, 3.8) is 0 Å². The van der Waals surface area contributed by atoms with Crippen LogP contribution in [-0.2, 0) is 13.2 Å². The highest BCUT2D eigenvalue weighted by Crippen LogP contribution is 2.23. The molecule has 3 nitrogen and oxygen atoms in total. The van der Waals surface area contributed by atoms with Crippen LogP contribution in [0.5, 0.6) is 5.75 Å². The Labute approximate surface area is 115 Å². The van der Waals surface area contributed by atoms with Crippen molar-refractivity contribution in [2.24, 2.45) is 5.73 Å². The van der Waals surface area contributed by atoms with E-state index in [9.17, 15) is 4.39 Å². The Morgan fingerprint density at radius 2 is 1.95 bits per heavy atom. The molecule has 0 saturated carbocycles. The first kappa shape index (κ1) is 12.7. The molecule has 2 N–H and O–H groups in total. The van der Waals surface area contributed by atoms with Gasteiger partial charge in [-0.3, -0.25) is 0 Å². The molecule has 20 heavy (non-hydrogen) atoms. The number of hydrogen-bond donors (Lipinski definition) is 1. The molecule has 0 saturated heterocycles.